The summed E-state index contributed by atoms with van der Waals surface area (Å²) in [5, 5.41) is 1.30. The van der Waals surface area contributed by atoms with Crippen molar-refractivity contribution < 1.29 is 0 Å². The number of hydrogen-bond donors (Lipinski definition) is 0. The third-order valence-corrected chi connectivity index (χ3v) is 7.61. The highest BCUT2D eigenvalue weighted by atomic mass is 32.1. The summed E-state index contributed by atoms with van der Waals surface area (Å²) in [7, 11) is 0. The Balaban J connectivity index is 1.73. The van der Waals surface area contributed by atoms with Gasteiger partial charge >= 0.3 is 0 Å². The smallest absolute Gasteiger partial charge is 0.0883 e. The van der Waals surface area contributed by atoms with E-state index in [0.29, 0.717) is 0 Å². The van der Waals surface area contributed by atoms with Gasteiger partial charge in [-0.05, 0) is 50.9 Å². The van der Waals surface area contributed by atoms with E-state index in [9.17, 15) is 0 Å². The molecule has 5 aromatic rings. The molecule has 0 bridgehead atoms. The van der Waals surface area contributed by atoms with Gasteiger partial charge in [0.25, 0.3) is 0 Å². The van der Waals surface area contributed by atoms with E-state index in [1.54, 1.807) is 0 Å². The maximum absolute atomic E-state index is 4.86. The van der Waals surface area contributed by atoms with Crippen LogP contribution in [0, 0.1) is 0 Å². The van der Waals surface area contributed by atoms with Gasteiger partial charge < -0.3 is 0 Å². The molecule has 152 valence electrons. The molecule has 2 heteroatoms. The van der Waals surface area contributed by atoms with Crippen molar-refractivity contribution in [2.24, 2.45) is 0 Å². The van der Waals surface area contributed by atoms with Gasteiger partial charge in [-0.1, -0.05) is 92.0 Å². The molecule has 0 unspecified atom stereocenters. The van der Waals surface area contributed by atoms with E-state index < -0.39 is 0 Å². The zero-order chi connectivity index (χ0) is 21.7. The summed E-state index contributed by atoms with van der Waals surface area (Å²) in [5.41, 5.74) is 9.78. The van der Waals surface area contributed by atoms with E-state index in [-0.39, 0.29) is 5.92 Å². The zero-order valence-electron chi connectivity index (χ0n) is 17.6. The zero-order valence-corrected chi connectivity index (χ0v) is 18.4. The summed E-state index contributed by atoms with van der Waals surface area (Å²) in [6.07, 6.45) is 5.67. The predicted octanol–water partition coefficient (Wildman–Crippen LogP) is 8.41. The fraction of sp³-hybridized carbons (Fsp3) is 0.0333. The lowest BCUT2D eigenvalue weighted by molar-refractivity contribution is 1.03. The van der Waals surface area contributed by atoms with Crippen LogP contribution in [-0.2, 0) is 0 Å². The quantitative estimate of drug-likeness (QED) is 0.275. The molecule has 0 saturated heterocycles. The fourth-order valence-corrected chi connectivity index (χ4v) is 6.31. The second kappa shape index (κ2) is 7.44. The van der Waals surface area contributed by atoms with Crippen molar-refractivity contribution in [1.29, 1.82) is 0 Å². The fourth-order valence-electron chi connectivity index (χ4n) is 5.06. The average Bonchev–Trinajstić information content (AvgIpc) is 3.39. The van der Waals surface area contributed by atoms with Gasteiger partial charge in [-0.25, -0.2) is 0 Å². The SMILES string of the molecule is C=Cc1ccnc(-c2sc3ccccc3c2C2c3ccccc3-c3ccccc32)c1C=C. The van der Waals surface area contributed by atoms with E-state index in [2.05, 4.69) is 86.0 Å². The van der Waals surface area contributed by atoms with Crippen molar-refractivity contribution >= 4 is 33.6 Å². The van der Waals surface area contributed by atoms with E-state index in [4.69, 9.17) is 4.98 Å². The molecule has 2 heterocycles. The second-order valence-electron chi connectivity index (χ2n) is 8.02. The standard InChI is InChI=1S/C30H21NS/c1-3-19-17-18-31-29(20(19)4-2)30-28(25-15-9-10-16-26(25)32-30)27-23-13-7-5-11-21(23)22-12-6-8-14-24(22)27/h3-18,27H,1-2H2. The molecule has 1 nitrogen and oxygen atoms in total. The molecule has 0 spiro atoms. The number of fused-ring (bicyclic) bond motifs is 4. The molecule has 0 fully saturated rings. The van der Waals surface area contributed by atoms with Crippen LogP contribution in [0.4, 0.5) is 0 Å². The van der Waals surface area contributed by atoms with Crippen LogP contribution in [0.5, 0.6) is 0 Å². The van der Waals surface area contributed by atoms with E-state index in [1.165, 1.54) is 42.8 Å². The van der Waals surface area contributed by atoms with Gasteiger partial charge in [0.1, 0.15) is 0 Å². The van der Waals surface area contributed by atoms with Crippen LogP contribution < -0.4 is 0 Å². The van der Waals surface area contributed by atoms with Crippen LogP contribution in [0.3, 0.4) is 0 Å². The number of thiophene rings is 1. The van der Waals surface area contributed by atoms with E-state index in [0.717, 1.165) is 16.8 Å². The normalized spacial score (nSPS) is 12.5. The summed E-state index contributed by atoms with van der Waals surface area (Å²) < 4.78 is 1.28. The third kappa shape index (κ3) is 2.66. The van der Waals surface area contributed by atoms with Crippen LogP contribution in [0.15, 0.2) is 98.2 Å². The molecule has 0 atom stereocenters. The monoisotopic (exact) mass is 427 g/mol. The Hall–Kier alpha value is -3.75. The molecule has 3 aromatic carbocycles. The molecule has 0 amide bonds. The molecule has 1 aliphatic carbocycles. The summed E-state index contributed by atoms with van der Waals surface area (Å²) in [6, 6.07) is 28.3. The van der Waals surface area contributed by atoms with Crippen molar-refractivity contribution in [3.63, 3.8) is 0 Å². The Labute approximate surface area is 192 Å². The lowest BCUT2D eigenvalue weighted by Crippen LogP contribution is -2.01. The molecule has 0 radical (unpaired) electrons. The number of rotatable bonds is 4. The van der Waals surface area contributed by atoms with Crippen molar-refractivity contribution in [3.8, 4) is 21.7 Å². The molecular weight excluding hydrogens is 406 g/mol. The van der Waals surface area contributed by atoms with Gasteiger partial charge in [0.15, 0.2) is 0 Å². The van der Waals surface area contributed by atoms with Crippen LogP contribution in [-0.4, -0.2) is 4.98 Å². The molecule has 32 heavy (non-hydrogen) atoms. The summed E-state index contributed by atoms with van der Waals surface area (Å²) in [6.45, 7) is 8.10. The minimum Gasteiger partial charge on any atom is -0.255 e. The van der Waals surface area contributed by atoms with Gasteiger partial charge in [0.05, 0.1) is 10.6 Å². The molecular formula is C30H21NS. The number of aromatic nitrogens is 1. The van der Waals surface area contributed by atoms with Gasteiger partial charge in [-0.15, -0.1) is 11.3 Å². The Morgan fingerprint density at radius 1 is 0.750 bits per heavy atom. The first-order valence-electron chi connectivity index (χ1n) is 10.8. The highest BCUT2D eigenvalue weighted by Crippen LogP contribution is 2.54. The third-order valence-electron chi connectivity index (χ3n) is 6.42. The molecule has 0 N–H and O–H groups in total. The van der Waals surface area contributed by atoms with Crippen LogP contribution in [0.25, 0.3) is 43.9 Å². The Morgan fingerprint density at radius 2 is 1.41 bits per heavy atom. The van der Waals surface area contributed by atoms with Crippen molar-refractivity contribution in [2.75, 3.05) is 0 Å². The van der Waals surface area contributed by atoms with Gasteiger partial charge in [0, 0.05) is 22.4 Å². The summed E-state index contributed by atoms with van der Waals surface area (Å²) in [5.74, 6) is 0.167. The number of benzene rings is 3. The Bertz CT molecular complexity index is 1480. The highest BCUT2D eigenvalue weighted by molar-refractivity contribution is 7.22. The topological polar surface area (TPSA) is 12.9 Å². The van der Waals surface area contributed by atoms with Gasteiger partial charge in [-0.2, -0.15) is 0 Å². The number of hydrogen-bond acceptors (Lipinski definition) is 2. The van der Waals surface area contributed by atoms with Crippen LogP contribution in [0.2, 0.25) is 0 Å². The maximum atomic E-state index is 4.86. The first-order valence-corrected chi connectivity index (χ1v) is 11.6. The van der Waals surface area contributed by atoms with Gasteiger partial charge in [-0.3, -0.25) is 4.98 Å². The largest absolute Gasteiger partial charge is 0.255 e. The first-order chi connectivity index (χ1) is 15.8. The average molecular weight is 428 g/mol. The maximum Gasteiger partial charge on any atom is 0.0883 e. The predicted molar refractivity (Wildman–Crippen MR) is 138 cm³/mol. The minimum atomic E-state index is 0.167. The Kier molecular flexibility index (Phi) is 4.41. The molecule has 2 aromatic heterocycles. The number of nitrogens with zero attached hydrogens (tertiary/aromatic N) is 1. The van der Waals surface area contributed by atoms with Crippen LogP contribution in [0.1, 0.15) is 33.7 Å². The summed E-state index contributed by atoms with van der Waals surface area (Å²) >= 11 is 1.82. The van der Waals surface area contributed by atoms with Crippen molar-refractivity contribution in [1.82, 2.24) is 4.98 Å². The van der Waals surface area contributed by atoms with Crippen molar-refractivity contribution in [2.45, 2.75) is 5.92 Å². The summed E-state index contributed by atoms with van der Waals surface area (Å²) in [4.78, 5) is 6.07. The molecule has 0 saturated carbocycles. The van der Waals surface area contributed by atoms with Crippen LogP contribution >= 0.6 is 11.3 Å². The number of pyridine rings is 1. The minimum absolute atomic E-state index is 0.167. The van der Waals surface area contributed by atoms with E-state index >= 15 is 0 Å². The lowest BCUT2D eigenvalue weighted by Gasteiger charge is -2.17. The molecule has 6 rings (SSSR count). The van der Waals surface area contributed by atoms with E-state index in [1.807, 2.05) is 35.8 Å². The molecule has 1 aliphatic rings. The molecule has 0 aliphatic heterocycles. The Morgan fingerprint density at radius 3 is 2.09 bits per heavy atom. The highest BCUT2D eigenvalue weighted by Gasteiger charge is 2.34. The first kappa shape index (κ1) is 19.0. The lowest BCUT2D eigenvalue weighted by atomic mass is 9.86. The second-order valence-corrected chi connectivity index (χ2v) is 9.07. The van der Waals surface area contributed by atoms with Gasteiger partial charge in [0.2, 0.25) is 0 Å². The van der Waals surface area contributed by atoms with Crippen molar-refractivity contribution in [3.05, 3.63) is 126 Å².